The van der Waals surface area contributed by atoms with E-state index in [1.165, 1.54) is 6.07 Å². The summed E-state index contributed by atoms with van der Waals surface area (Å²) in [6.45, 7) is 1.20. The number of hydrogen-bond donors (Lipinski definition) is 2. The molecule has 0 aliphatic carbocycles. The number of pyridine rings is 1. The highest BCUT2D eigenvalue weighted by molar-refractivity contribution is 6.35. The lowest BCUT2D eigenvalue weighted by Gasteiger charge is -2.22. The molecule has 0 bridgehead atoms. The maximum atomic E-state index is 14.1. The number of aliphatic hydroxyl groups is 1. The molecule has 3 aromatic heterocycles. The van der Waals surface area contributed by atoms with Crippen molar-refractivity contribution in [1.29, 1.82) is 0 Å². The number of aliphatic hydroxyl groups excluding tert-OH is 1. The van der Waals surface area contributed by atoms with Gasteiger partial charge < -0.3 is 19.7 Å². The second-order valence-corrected chi connectivity index (χ2v) is 9.85. The summed E-state index contributed by atoms with van der Waals surface area (Å²) in [7, 11) is 0. The van der Waals surface area contributed by atoms with Crippen LogP contribution in [0.15, 0.2) is 47.2 Å². The fourth-order valence-electron chi connectivity index (χ4n) is 4.23. The summed E-state index contributed by atoms with van der Waals surface area (Å²) in [6, 6.07) is 7.51. The number of esters is 1. The van der Waals surface area contributed by atoms with Crippen LogP contribution in [-0.2, 0) is 15.7 Å². The van der Waals surface area contributed by atoms with Crippen molar-refractivity contribution in [1.82, 2.24) is 30.2 Å². The first-order valence-corrected chi connectivity index (χ1v) is 12.8. The smallest absolute Gasteiger partial charge is 0.434 e. The third-order valence-electron chi connectivity index (χ3n) is 6.25. The van der Waals surface area contributed by atoms with Crippen molar-refractivity contribution in [2.24, 2.45) is 5.92 Å². The van der Waals surface area contributed by atoms with E-state index < -0.39 is 29.4 Å². The number of carbonyl (C=O) groups excluding carboxylic acids is 1. The van der Waals surface area contributed by atoms with Crippen molar-refractivity contribution < 1.29 is 32.3 Å². The maximum absolute atomic E-state index is 14.1. The largest absolute Gasteiger partial charge is 0.462 e. The minimum atomic E-state index is -4.88. The average molecular weight is 597 g/mol. The molecule has 4 aromatic rings. The number of nitrogens with zero attached hydrogens (tertiary/aromatic N) is 5. The quantitative estimate of drug-likeness (QED) is 0.287. The molecule has 5 rings (SSSR count). The Morgan fingerprint density at radius 1 is 1.25 bits per heavy atom. The average Bonchev–Trinajstić information content (AvgIpc) is 3.60. The molecular formula is C25H21Cl2F3N6O4. The third-order valence-corrected chi connectivity index (χ3v) is 6.74. The van der Waals surface area contributed by atoms with Crippen LogP contribution in [0.3, 0.4) is 0 Å². The van der Waals surface area contributed by atoms with Crippen molar-refractivity contribution in [3.63, 3.8) is 0 Å². The van der Waals surface area contributed by atoms with E-state index in [9.17, 15) is 23.1 Å². The minimum absolute atomic E-state index is 0.00999. The van der Waals surface area contributed by atoms with Gasteiger partial charge in [-0.3, -0.25) is 4.79 Å². The predicted molar refractivity (Wildman–Crippen MR) is 137 cm³/mol. The number of halogens is 5. The summed E-state index contributed by atoms with van der Waals surface area (Å²) in [5.41, 5.74) is -0.799. The number of nitrogens with one attached hydrogen (secondary N) is 1. The van der Waals surface area contributed by atoms with Crippen LogP contribution in [0.4, 0.5) is 13.2 Å². The Morgan fingerprint density at radius 2 is 2.02 bits per heavy atom. The van der Waals surface area contributed by atoms with Crippen molar-refractivity contribution in [2.45, 2.75) is 25.1 Å². The molecule has 0 amide bonds. The van der Waals surface area contributed by atoms with Crippen LogP contribution in [0.1, 0.15) is 30.2 Å². The van der Waals surface area contributed by atoms with E-state index in [4.69, 9.17) is 32.5 Å². The number of alkyl halides is 3. The van der Waals surface area contributed by atoms with Crippen LogP contribution in [0.25, 0.3) is 28.7 Å². The summed E-state index contributed by atoms with van der Waals surface area (Å²) in [4.78, 5) is 20.2. The lowest BCUT2D eigenvalue weighted by molar-refractivity contribution is -0.152. The molecule has 0 saturated carbocycles. The fraction of sp³-hybridized carbons (Fsp3) is 0.320. The van der Waals surface area contributed by atoms with Crippen LogP contribution in [-0.4, -0.2) is 55.7 Å². The Bertz CT molecular complexity index is 1500. The van der Waals surface area contributed by atoms with E-state index in [0.717, 1.165) is 31.8 Å². The molecule has 1 saturated heterocycles. The van der Waals surface area contributed by atoms with Gasteiger partial charge >= 0.3 is 12.1 Å². The Labute approximate surface area is 235 Å². The van der Waals surface area contributed by atoms with E-state index in [-0.39, 0.29) is 40.2 Å². The molecule has 1 aliphatic heterocycles. The molecule has 0 spiro atoms. The summed E-state index contributed by atoms with van der Waals surface area (Å²) in [6.07, 6.45) is -2.25. The highest BCUT2D eigenvalue weighted by Crippen LogP contribution is 2.39. The third kappa shape index (κ3) is 5.97. The number of piperidine rings is 1. The van der Waals surface area contributed by atoms with E-state index in [2.05, 4.69) is 25.5 Å². The standard InChI is InChI=1S/C25H21Cl2F3N6O4/c26-16-8-18(27)22(32-10-16)36-20(25(28,29)30)17(11-33-36)23-34-21(35-40-23)14-5-3-13(4-6-14)19(37)12-39-24(38)15-2-1-7-31-9-15/h3-6,8,10-11,15,19,31,37H,1-2,7,9,12H2/t15?,19-/m1/s1. The van der Waals surface area contributed by atoms with Crippen molar-refractivity contribution in [2.75, 3.05) is 19.7 Å². The van der Waals surface area contributed by atoms with E-state index in [0.29, 0.717) is 22.4 Å². The van der Waals surface area contributed by atoms with Gasteiger partial charge in [-0.2, -0.15) is 23.3 Å². The van der Waals surface area contributed by atoms with Crippen LogP contribution in [0.2, 0.25) is 10.0 Å². The lowest BCUT2D eigenvalue weighted by atomic mass is 10.00. The molecule has 1 unspecified atom stereocenters. The van der Waals surface area contributed by atoms with E-state index >= 15 is 0 Å². The first kappa shape index (κ1) is 28.0. The Morgan fingerprint density at radius 3 is 2.70 bits per heavy atom. The van der Waals surface area contributed by atoms with Crippen LogP contribution in [0.5, 0.6) is 0 Å². The highest BCUT2D eigenvalue weighted by atomic mass is 35.5. The van der Waals surface area contributed by atoms with Crippen molar-refractivity contribution in [3.05, 3.63) is 64.0 Å². The van der Waals surface area contributed by atoms with Gasteiger partial charge in [0.2, 0.25) is 5.82 Å². The van der Waals surface area contributed by atoms with Gasteiger partial charge in [0, 0.05) is 18.3 Å². The monoisotopic (exact) mass is 596 g/mol. The molecule has 10 nitrogen and oxygen atoms in total. The van der Waals surface area contributed by atoms with Gasteiger partial charge in [-0.25, -0.2) is 9.67 Å². The van der Waals surface area contributed by atoms with Crippen molar-refractivity contribution >= 4 is 29.2 Å². The zero-order valence-corrected chi connectivity index (χ0v) is 22.0. The van der Waals surface area contributed by atoms with Crippen LogP contribution < -0.4 is 5.32 Å². The maximum Gasteiger partial charge on any atom is 0.434 e. The minimum Gasteiger partial charge on any atom is -0.462 e. The lowest BCUT2D eigenvalue weighted by Crippen LogP contribution is -2.35. The van der Waals surface area contributed by atoms with Gasteiger partial charge in [-0.1, -0.05) is 52.6 Å². The first-order chi connectivity index (χ1) is 19.1. The fourth-order valence-corrected chi connectivity index (χ4v) is 4.69. The molecule has 15 heteroatoms. The van der Waals surface area contributed by atoms with E-state index in [1.54, 1.807) is 24.3 Å². The second-order valence-electron chi connectivity index (χ2n) is 9.01. The van der Waals surface area contributed by atoms with Crippen LogP contribution in [0, 0.1) is 5.92 Å². The van der Waals surface area contributed by atoms with Gasteiger partial charge in [0.1, 0.15) is 12.7 Å². The summed E-state index contributed by atoms with van der Waals surface area (Å²) in [5.74, 6) is -1.29. The first-order valence-electron chi connectivity index (χ1n) is 12.1. The second kappa shape index (κ2) is 11.5. The normalized spacial score (nSPS) is 16.6. The topological polar surface area (TPSA) is 128 Å². The van der Waals surface area contributed by atoms with Gasteiger partial charge in [0.25, 0.3) is 5.89 Å². The molecule has 4 heterocycles. The van der Waals surface area contributed by atoms with Gasteiger partial charge in [-0.05, 0) is 31.0 Å². The summed E-state index contributed by atoms with van der Waals surface area (Å²) < 4.78 is 53.2. The SMILES string of the molecule is O=C(OC[C@@H](O)c1ccc(-c2noc(-c3cnn(-c4ncc(Cl)cc4Cl)c3C(F)(F)F)n2)cc1)C1CCCNC1. The molecular weight excluding hydrogens is 576 g/mol. The Hall–Kier alpha value is -3.52. The number of benzene rings is 1. The molecule has 210 valence electrons. The number of ether oxygens (including phenoxy) is 1. The number of carbonyl (C=O) groups is 1. The summed E-state index contributed by atoms with van der Waals surface area (Å²) in [5, 5.41) is 21.2. The number of rotatable bonds is 7. The molecule has 1 aromatic carbocycles. The zero-order chi connectivity index (χ0) is 28.4. The highest BCUT2D eigenvalue weighted by Gasteiger charge is 2.41. The molecule has 2 atom stereocenters. The van der Waals surface area contributed by atoms with Gasteiger partial charge in [0.15, 0.2) is 11.5 Å². The van der Waals surface area contributed by atoms with E-state index in [1.807, 2.05) is 0 Å². The Balaban J connectivity index is 1.33. The predicted octanol–water partition coefficient (Wildman–Crippen LogP) is 4.89. The number of hydrogen-bond acceptors (Lipinski definition) is 9. The Kier molecular flexibility index (Phi) is 8.08. The van der Waals surface area contributed by atoms with Crippen molar-refractivity contribution in [3.8, 4) is 28.7 Å². The molecule has 1 fully saturated rings. The van der Waals surface area contributed by atoms with Gasteiger partial charge in [0.05, 0.1) is 27.7 Å². The molecule has 1 aliphatic rings. The molecule has 0 radical (unpaired) electrons. The van der Waals surface area contributed by atoms with Gasteiger partial charge in [-0.15, -0.1) is 0 Å². The molecule has 2 N–H and O–H groups in total. The summed E-state index contributed by atoms with van der Waals surface area (Å²) >= 11 is 11.9. The van der Waals surface area contributed by atoms with Crippen LogP contribution >= 0.6 is 23.2 Å². The zero-order valence-electron chi connectivity index (χ0n) is 20.5. The molecule has 40 heavy (non-hydrogen) atoms. The number of aromatic nitrogens is 5.